The van der Waals surface area contributed by atoms with Gasteiger partial charge in [-0.25, -0.2) is 13.2 Å². The lowest BCUT2D eigenvalue weighted by molar-refractivity contribution is 0.482. The molecule has 20 heavy (non-hydrogen) atoms. The highest BCUT2D eigenvalue weighted by Gasteiger charge is 2.12. The van der Waals surface area contributed by atoms with E-state index in [0.717, 1.165) is 16.1 Å². The summed E-state index contributed by atoms with van der Waals surface area (Å²) in [5.41, 5.74) is 1.11. The molecule has 0 heterocycles. The second-order valence-corrected chi connectivity index (χ2v) is 5.34. The summed E-state index contributed by atoms with van der Waals surface area (Å²) >= 11 is 3.44. The predicted octanol–water partition coefficient (Wildman–Crippen LogP) is 4.72. The van der Waals surface area contributed by atoms with Crippen LogP contribution in [0, 0.1) is 17.5 Å². The summed E-state index contributed by atoms with van der Waals surface area (Å²) in [6.45, 7) is 2.03. The Hall–Kier alpha value is -1.33. The topological polar surface area (TPSA) is 12.0 Å². The maximum atomic E-state index is 13.5. The Balaban J connectivity index is 2.09. The molecule has 0 fully saturated rings. The summed E-state index contributed by atoms with van der Waals surface area (Å²) < 4.78 is 40.4. The molecule has 0 saturated carbocycles. The van der Waals surface area contributed by atoms with Crippen LogP contribution in [-0.2, 0) is 6.54 Å². The molecule has 0 amide bonds. The summed E-state index contributed by atoms with van der Waals surface area (Å²) in [4.78, 5) is 0. The van der Waals surface area contributed by atoms with Gasteiger partial charge in [-0.2, -0.15) is 0 Å². The normalized spacial score (nSPS) is 12.4. The average molecular weight is 344 g/mol. The third kappa shape index (κ3) is 3.41. The van der Waals surface area contributed by atoms with Crippen LogP contribution >= 0.6 is 15.9 Å². The molecular weight excluding hydrogens is 331 g/mol. The van der Waals surface area contributed by atoms with Crippen molar-refractivity contribution in [2.75, 3.05) is 0 Å². The smallest absolute Gasteiger partial charge is 0.161 e. The molecule has 0 spiro atoms. The van der Waals surface area contributed by atoms with Gasteiger partial charge in [0.05, 0.1) is 0 Å². The minimum absolute atomic E-state index is 0.0573. The van der Waals surface area contributed by atoms with E-state index in [1.54, 1.807) is 0 Å². The average Bonchev–Trinajstić information content (AvgIpc) is 2.41. The highest BCUT2D eigenvalue weighted by molar-refractivity contribution is 9.10. The Kier molecular flexibility index (Phi) is 4.83. The van der Waals surface area contributed by atoms with Crippen molar-refractivity contribution in [1.82, 2.24) is 5.32 Å². The number of halogens is 4. The highest BCUT2D eigenvalue weighted by atomic mass is 79.9. The molecule has 2 aromatic carbocycles. The van der Waals surface area contributed by atoms with Crippen LogP contribution in [0.15, 0.2) is 40.9 Å². The molecule has 106 valence electrons. The number of hydrogen-bond donors (Lipinski definition) is 1. The fraction of sp³-hybridized carbons (Fsp3) is 0.200. The zero-order valence-electron chi connectivity index (χ0n) is 10.8. The maximum Gasteiger partial charge on any atom is 0.161 e. The lowest BCUT2D eigenvalue weighted by Gasteiger charge is -2.16. The van der Waals surface area contributed by atoms with Gasteiger partial charge in [0, 0.05) is 28.7 Å². The monoisotopic (exact) mass is 343 g/mol. The third-order valence-corrected chi connectivity index (χ3v) is 3.78. The van der Waals surface area contributed by atoms with Crippen molar-refractivity contribution in [3.63, 3.8) is 0 Å². The van der Waals surface area contributed by atoms with Gasteiger partial charge < -0.3 is 5.32 Å². The van der Waals surface area contributed by atoms with E-state index in [-0.39, 0.29) is 18.2 Å². The maximum absolute atomic E-state index is 13.5. The van der Waals surface area contributed by atoms with E-state index in [1.165, 1.54) is 0 Å². The Bertz CT molecular complexity index is 616. The molecule has 2 rings (SSSR count). The minimum Gasteiger partial charge on any atom is -0.306 e. The molecular formula is C15H13BrF3N. The summed E-state index contributed by atoms with van der Waals surface area (Å²) in [5, 5.41) is 3.08. The first-order chi connectivity index (χ1) is 9.49. The van der Waals surface area contributed by atoms with Crippen LogP contribution in [0.3, 0.4) is 0 Å². The third-order valence-electron chi connectivity index (χ3n) is 3.06. The molecule has 1 nitrogen and oxygen atoms in total. The largest absolute Gasteiger partial charge is 0.306 e. The molecule has 0 aliphatic heterocycles. The van der Waals surface area contributed by atoms with Gasteiger partial charge in [-0.3, -0.25) is 0 Å². The zero-order valence-corrected chi connectivity index (χ0v) is 12.3. The molecule has 1 N–H and O–H groups in total. The number of rotatable bonds is 4. The van der Waals surface area contributed by atoms with Crippen LogP contribution in [0.2, 0.25) is 0 Å². The fourth-order valence-corrected chi connectivity index (χ4v) is 2.53. The van der Waals surface area contributed by atoms with Crippen LogP contribution in [0.1, 0.15) is 24.1 Å². The summed E-state index contributed by atoms with van der Waals surface area (Å²) in [6, 6.07) is 9.03. The van der Waals surface area contributed by atoms with Gasteiger partial charge in [0.2, 0.25) is 0 Å². The molecule has 0 aliphatic carbocycles. The summed E-state index contributed by atoms with van der Waals surface area (Å²) in [7, 11) is 0. The molecule has 0 radical (unpaired) electrons. The highest BCUT2D eigenvalue weighted by Crippen LogP contribution is 2.23. The van der Waals surface area contributed by atoms with Gasteiger partial charge in [0.15, 0.2) is 11.6 Å². The van der Waals surface area contributed by atoms with Crippen LogP contribution in [0.25, 0.3) is 0 Å². The first kappa shape index (κ1) is 15.1. The quantitative estimate of drug-likeness (QED) is 0.792. The van der Waals surface area contributed by atoms with Crippen molar-refractivity contribution >= 4 is 15.9 Å². The molecule has 0 aromatic heterocycles. The summed E-state index contributed by atoms with van der Waals surface area (Å²) in [5.74, 6) is -2.97. The molecule has 0 bridgehead atoms. The molecule has 1 unspecified atom stereocenters. The van der Waals surface area contributed by atoms with Crippen molar-refractivity contribution in [3.8, 4) is 0 Å². The fourth-order valence-electron chi connectivity index (χ4n) is 1.90. The van der Waals surface area contributed by atoms with Crippen molar-refractivity contribution in [2.24, 2.45) is 0 Å². The van der Waals surface area contributed by atoms with Gasteiger partial charge in [-0.05, 0) is 24.6 Å². The van der Waals surface area contributed by atoms with E-state index in [0.29, 0.717) is 6.07 Å². The minimum atomic E-state index is -1.18. The van der Waals surface area contributed by atoms with Crippen molar-refractivity contribution in [2.45, 2.75) is 19.5 Å². The standard InChI is InChI=1S/C15H13BrF3N/c1-9(11-4-2-3-5-12(11)16)20-8-10-6-14(18)15(19)7-13(10)17/h2-7,9,20H,8H2,1H3. The van der Waals surface area contributed by atoms with Crippen LogP contribution in [0.5, 0.6) is 0 Å². The molecule has 1 atom stereocenters. The van der Waals surface area contributed by atoms with E-state index in [9.17, 15) is 13.2 Å². The number of hydrogen-bond acceptors (Lipinski definition) is 1. The predicted molar refractivity (Wildman–Crippen MR) is 75.7 cm³/mol. The SMILES string of the molecule is CC(NCc1cc(F)c(F)cc1F)c1ccccc1Br. The van der Waals surface area contributed by atoms with Gasteiger partial charge in [0.25, 0.3) is 0 Å². The van der Waals surface area contributed by atoms with E-state index in [2.05, 4.69) is 21.2 Å². The van der Waals surface area contributed by atoms with Gasteiger partial charge in [-0.1, -0.05) is 34.1 Å². The Morgan fingerprint density at radius 1 is 1.05 bits per heavy atom. The Morgan fingerprint density at radius 3 is 2.40 bits per heavy atom. The second kappa shape index (κ2) is 6.41. The molecule has 2 aromatic rings. The van der Waals surface area contributed by atoms with Crippen molar-refractivity contribution < 1.29 is 13.2 Å². The van der Waals surface area contributed by atoms with Crippen molar-refractivity contribution in [3.05, 3.63) is 69.4 Å². The molecule has 5 heteroatoms. The summed E-state index contributed by atoms with van der Waals surface area (Å²) in [6.07, 6.45) is 0. The van der Waals surface area contributed by atoms with E-state index < -0.39 is 17.5 Å². The van der Waals surface area contributed by atoms with Gasteiger partial charge >= 0.3 is 0 Å². The number of nitrogens with one attached hydrogen (secondary N) is 1. The van der Waals surface area contributed by atoms with Crippen LogP contribution < -0.4 is 5.32 Å². The first-order valence-electron chi connectivity index (χ1n) is 6.10. The zero-order chi connectivity index (χ0) is 14.7. The lowest BCUT2D eigenvalue weighted by Crippen LogP contribution is -2.19. The first-order valence-corrected chi connectivity index (χ1v) is 6.89. The van der Waals surface area contributed by atoms with Gasteiger partial charge in [0.1, 0.15) is 5.82 Å². The van der Waals surface area contributed by atoms with Crippen LogP contribution in [-0.4, -0.2) is 0 Å². The van der Waals surface area contributed by atoms with E-state index >= 15 is 0 Å². The second-order valence-electron chi connectivity index (χ2n) is 4.48. The van der Waals surface area contributed by atoms with Crippen molar-refractivity contribution in [1.29, 1.82) is 0 Å². The van der Waals surface area contributed by atoms with E-state index in [4.69, 9.17) is 0 Å². The molecule has 0 aliphatic rings. The lowest BCUT2D eigenvalue weighted by atomic mass is 10.1. The van der Waals surface area contributed by atoms with Crippen LogP contribution in [0.4, 0.5) is 13.2 Å². The Morgan fingerprint density at radius 2 is 1.70 bits per heavy atom. The molecule has 0 saturated heterocycles. The Labute approximate surface area is 123 Å². The number of benzene rings is 2. The van der Waals surface area contributed by atoms with E-state index in [1.807, 2.05) is 31.2 Å². The van der Waals surface area contributed by atoms with Gasteiger partial charge in [-0.15, -0.1) is 0 Å².